The van der Waals surface area contributed by atoms with Crippen molar-refractivity contribution in [1.29, 1.82) is 5.26 Å². The Kier molecular flexibility index (Phi) is 31.4. The first-order chi connectivity index (χ1) is 18.6. The molecule has 0 aromatic carbocycles. The lowest BCUT2D eigenvalue weighted by Gasteiger charge is -2.24. The van der Waals surface area contributed by atoms with Crippen LogP contribution in [0.25, 0.3) is 0 Å². The van der Waals surface area contributed by atoms with Gasteiger partial charge in [-0.05, 0) is 79.6 Å². The van der Waals surface area contributed by atoms with Gasteiger partial charge in [-0.15, -0.1) is 0 Å². The van der Waals surface area contributed by atoms with Gasteiger partial charge in [0.25, 0.3) is 6.47 Å². The molecule has 2 fully saturated rings. The van der Waals surface area contributed by atoms with Crippen LogP contribution in [0.5, 0.6) is 0 Å². The molecule has 11 nitrogen and oxygen atoms in total. The number of carbonyl (C=O) groups is 4. The highest BCUT2D eigenvalue weighted by Crippen LogP contribution is 2.16. The molecule has 0 saturated carbocycles. The SMILES string of the molecule is CC(C)(C)OC=O.CC1CCNC1=O.CCCO.CN1CCCC1C=O.CNCC#N.CN[C@H](C=O)C(C)(C)C. The molecule has 1 amide bonds. The number of aldehydes is 2. The third-order valence-corrected chi connectivity index (χ3v) is 5.32. The smallest absolute Gasteiger partial charge is 0.293 e. The van der Waals surface area contributed by atoms with Crippen LogP contribution in [0.1, 0.15) is 81.1 Å². The van der Waals surface area contributed by atoms with Gasteiger partial charge in [0, 0.05) is 19.1 Å². The predicted molar refractivity (Wildman–Crippen MR) is 161 cm³/mol. The third kappa shape index (κ3) is 31.8. The molecule has 0 aromatic rings. The minimum Gasteiger partial charge on any atom is -0.462 e. The molecule has 4 N–H and O–H groups in total. The number of likely N-dealkylation sites (N-methyl/N-ethyl adjacent to an activating group) is 2. The van der Waals surface area contributed by atoms with Crippen molar-refractivity contribution in [3.63, 3.8) is 0 Å². The second kappa shape index (κ2) is 28.1. The van der Waals surface area contributed by atoms with Crippen molar-refractivity contribution in [1.82, 2.24) is 20.9 Å². The van der Waals surface area contributed by atoms with Gasteiger partial charge in [0.2, 0.25) is 5.91 Å². The Morgan fingerprint density at radius 1 is 1.18 bits per heavy atom. The Bertz CT molecular complexity index is 669. The standard InChI is InChI=1S/C7H15NO.C6H11NO.C5H9NO.C5H10O2.C3H6N2.C3H8O/c1-7(2,3)6(5-9)8-4;1-7-4-2-3-6(7)5-8;1-4-2-3-6-5(4)7;1-5(2,3)7-4-6;1-5-3-2-4;1-2-3-4/h5-6,8H,1-4H3;5-6H,2-4H2,1H3;4H,2-3H2,1H3,(H,6,7);4H,1-3H3;5H,3H2,1H3;4H,2-3H2,1H3/t6-;;;;;/m1...../s1. The summed E-state index contributed by atoms with van der Waals surface area (Å²) in [5, 5.41) is 23.9. The maximum absolute atomic E-state index is 10.5. The summed E-state index contributed by atoms with van der Waals surface area (Å²) >= 11 is 0. The van der Waals surface area contributed by atoms with E-state index in [0.717, 1.165) is 44.9 Å². The number of nitrogens with one attached hydrogen (secondary N) is 3. The van der Waals surface area contributed by atoms with E-state index in [1.54, 1.807) is 14.1 Å². The lowest BCUT2D eigenvalue weighted by molar-refractivity contribution is -0.138. The second-order valence-electron chi connectivity index (χ2n) is 11.3. The number of nitrogens with zero attached hydrogens (tertiary/aromatic N) is 2. The molecule has 3 atom stereocenters. The summed E-state index contributed by atoms with van der Waals surface area (Å²) < 4.78 is 4.55. The van der Waals surface area contributed by atoms with E-state index in [0.29, 0.717) is 19.6 Å². The van der Waals surface area contributed by atoms with E-state index in [-0.39, 0.29) is 34.9 Å². The van der Waals surface area contributed by atoms with E-state index >= 15 is 0 Å². The lowest BCUT2D eigenvalue weighted by Crippen LogP contribution is -2.39. The van der Waals surface area contributed by atoms with Gasteiger partial charge in [-0.3, -0.25) is 14.5 Å². The fourth-order valence-corrected chi connectivity index (χ4v) is 2.75. The van der Waals surface area contributed by atoms with Gasteiger partial charge in [0.15, 0.2) is 0 Å². The van der Waals surface area contributed by atoms with Crippen molar-refractivity contribution >= 4 is 25.0 Å². The minimum absolute atomic E-state index is 0.0301. The van der Waals surface area contributed by atoms with Gasteiger partial charge >= 0.3 is 0 Å². The van der Waals surface area contributed by atoms with Crippen LogP contribution in [0.4, 0.5) is 0 Å². The molecule has 0 aliphatic carbocycles. The Balaban J connectivity index is -0.000000198. The highest BCUT2D eigenvalue weighted by Gasteiger charge is 2.21. The molecule has 2 heterocycles. The molecule has 11 heteroatoms. The van der Waals surface area contributed by atoms with E-state index in [2.05, 4.69) is 25.6 Å². The quantitative estimate of drug-likeness (QED) is 0.274. The zero-order chi connectivity index (χ0) is 32.2. The van der Waals surface area contributed by atoms with E-state index in [9.17, 15) is 19.2 Å². The number of hydrogen-bond donors (Lipinski definition) is 4. The van der Waals surface area contributed by atoms with Crippen LogP contribution in [-0.4, -0.2) is 100 Å². The summed E-state index contributed by atoms with van der Waals surface area (Å²) in [6.45, 7) is 18.6. The molecular weight excluding hydrogens is 514 g/mol. The molecule has 2 saturated heterocycles. The van der Waals surface area contributed by atoms with Crippen molar-refractivity contribution in [2.75, 3.05) is 47.4 Å². The van der Waals surface area contributed by atoms with Gasteiger partial charge in [-0.25, -0.2) is 0 Å². The molecule has 2 unspecified atom stereocenters. The van der Waals surface area contributed by atoms with Crippen molar-refractivity contribution in [2.24, 2.45) is 11.3 Å². The van der Waals surface area contributed by atoms with Crippen LogP contribution in [0, 0.1) is 22.7 Å². The third-order valence-electron chi connectivity index (χ3n) is 5.32. The Labute approximate surface area is 243 Å². The average molecular weight is 574 g/mol. The van der Waals surface area contributed by atoms with E-state index in [1.165, 1.54) is 6.42 Å². The average Bonchev–Trinajstić information content (AvgIpc) is 3.47. The van der Waals surface area contributed by atoms with Gasteiger partial charge in [-0.1, -0.05) is 34.6 Å². The predicted octanol–water partition coefficient (Wildman–Crippen LogP) is 2.32. The number of aliphatic hydroxyl groups excluding tert-OH is 1. The van der Waals surface area contributed by atoms with Crippen LogP contribution < -0.4 is 16.0 Å². The van der Waals surface area contributed by atoms with Crippen LogP contribution in [0.3, 0.4) is 0 Å². The fourth-order valence-electron chi connectivity index (χ4n) is 2.75. The zero-order valence-electron chi connectivity index (χ0n) is 27.0. The number of nitriles is 1. The summed E-state index contributed by atoms with van der Waals surface area (Å²) in [6, 6.07) is 2.09. The summed E-state index contributed by atoms with van der Waals surface area (Å²) in [4.78, 5) is 42.6. The Morgan fingerprint density at radius 2 is 1.73 bits per heavy atom. The molecule has 0 bridgehead atoms. The summed E-state index contributed by atoms with van der Waals surface area (Å²) in [5.41, 5.74) is -0.280. The summed E-state index contributed by atoms with van der Waals surface area (Å²) in [7, 11) is 5.53. The number of hydrogen-bond acceptors (Lipinski definition) is 10. The first kappa shape index (κ1) is 44.6. The zero-order valence-corrected chi connectivity index (χ0v) is 27.0. The van der Waals surface area contributed by atoms with Crippen molar-refractivity contribution in [3.8, 4) is 6.07 Å². The Morgan fingerprint density at radius 3 is 1.80 bits per heavy atom. The summed E-state index contributed by atoms with van der Waals surface area (Å²) in [6.07, 6.45) is 6.10. The lowest BCUT2D eigenvalue weighted by atomic mass is 9.88. The molecule has 0 radical (unpaired) electrons. The number of likely N-dealkylation sites (tertiary alicyclic amines) is 1. The molecule has 2 aliphatic heterocycles. The fraction of sp³-hybridized carbons (Fsp3) is 0.828. The molecule has 2 aliphatic rings. The number of rotatable bonds is 6. The van der Waals surface area contributed by atoms with Crippen LogP contribution >= 0.6 is 0 Å². The van der Waals surface area contributed by atoms with Crippen LogP contribution in [0.2, 0.25) is 0 Å². The normalized spacial score (nSPS) is 18.3. The molecule has 0 aromatic heterocycles. The van der Waals surface area contributed by atoms with Gasteiger partial charge in [0.05, 0.1) is 24.7 Å². The highest BCUT2D eigenvalue weighted by molar-refractivity contribution is 5.80. The largest absolute Gasteiger partial charge is 0.462 e. The second-order valence-corrected chi connectivity index (χ2v) is 11.3. The van der Waals surface area contributed by atoms with E-state index < -0.39 is 0 Å². The summed E-state index contributed by atoms with van der Waals surface area (Å²) in [5.74, 6) is 0.472. The topological polar surface area (TPSA) is 161 Å². The van der Waals surface area contributed by atoms with E-state index in [4.69, 9.17) is 10.4 Å². The number of carbonyl (C=O) groups excluding carboxylic acids is 4. The van der Waals surface area contributed by atoms with Crippen molar-refractivity contribution in [3.05, 3.63) is 0 Å². The van der Waals surface area contributed by atoms with Gasteiger partial charge < -0.3 is 35.4 Å². The van der Waals surface area contributed by atoms with Crippen LogP contribution in [0.15, 0.2) is 0 Å². The highest BCUT2D eigenvalue weighted by atomic mass is 16.5. The molecule has 2 rings (SSSR count). The van der Waals surface area contributed by atoms with E-state index in [1.807, 2.05) is 68.5 Å². The van der Waals surface area contributed by atoms with Crippen molar-refractivity contribution < 1.29 is 29.0 Å². The van der Waals surface area contributed by atoms with Gasteiger partial charge in [-0.2, -0.15) is 5.26 Å². The Hall–Kier alpha value is -2.39. The van der Waals surface area contributed by atoms with Crippen LogP contribution in [-0.2, 0) is 23.9 Å². The molecule has 0 spiro atoms. The molecule has 236 valence electrons. The first-order valence-corrected chi connectivity index (χ1v) is 13.9. The first-order valence-electron chi connectivity index (χ1n) is 13.9. The number of aliphatic hydroxyl groups is 1. The number of amides is 1. The minimum atomic E-state index is -0.318. The molecule has 40 heavy (non-hydrogen) atoms. The van der Waals surface area contributed by atoms with Crippen molar-refractivity contribution in [2.45, 2.75) is 98.8 Å². The molecular formula is C29H59N5O6. The van der Waals surface area contributed by atoms with Gasteiger partial charge in [0.1, 0.15) is 18.2 Å². The maximum Gasteiger partial charge on any atom is 0.293 e. The maximum atomic E-state index is 10.5. The monoisotopic (exact) mass is 573 g/mol. The number of ether oxygens (including phenoxy) is 1.